The predicted molar refractivity (Wildman–Crippen MR) is 357 cm³/mol. The molecule has 0 aromatic rings. The van der Waals surface area contributed by atoms with Crippen LogP contribution in [0.15, 0.2) is 122 Å². The van der Waals surface area contributed by atoms with Crippen molar-refractivity contribution in [3.05, 3.63) is 122 Å². The average Bonchev–Trinajstić information content (AvgIpc) is 3.47. The van der Waals surface area contributed by atoms with Gasteiger partial charge >= 0.3 is 17.9 Å². The van der Waals surface area contributed by atoms with Crippen molar-refractivity contribution in [3.8, 4) is 0 Å². The van der Waals surface area contributed by atoms with Gasteiger partial charge in [-0.3, -0.25) is 14.4 Å². The number of esters is 3. The summed E-state index contributed by atoms with van der Waals surface area (Å²) in [5.74, 6) is -0.915. The molecule has 0 spiro atoms. The molecule has 0 bridgehead atoms. The zero-order valence-corrected chi connectivity index (χ0v) is 53.7. The van der Waals surface area contributed by atoms with E-state index in [2.05, 4.69) is 142 Å². The minimum absolute atomic E-state index is 0.0883. The van der Waals surface area contributed by atoms with Crippen LogP contribution in [0.3, 0.4) is 0 Å². The molecule has 0 amide bonds. The van der Waals surface area contributed by atoms with Gasteiger partial charge in [-0.2, -0.15) is 0 Å². The number of carbonyl (C=O) groups excluding carboxylic acids is 3. The first kappa shape index (κ1) is 77.8. The van der Waals surface area contributed by atoms with Crippen LogP contribution >= 0.6 is 0 Å². The number of hydrogen-bond acceptors (Lipinski definition) is 6. The largest absolute Gasteiger partial charge is 0.462 e. The molecule has 0 saturated carbocycles. The molecule has 0 aliphatic carbocycles. The van der Waals surface area contributed by atoms with Crippen LogP contribution in [-0.4, -0.2) is 37.2 Å². The Morgan fingerprint density at radius 1 is 0.256 bits per heavy atom. The summed E-state index contributed by atoms with van der Waals surface area (Å²) in [5, 5.41) is 0. The maximum absolute atomic E-state index is 12.9. The molecule has 468 valence electrons. The second-order valence-corrected chi connectivity index (χ2v) is 22.7. The van der Waals surface area contributed by atoms with Crippen molar-refractivity contribution >= 4 is 17.9 Å². The summed E-state index contributed by atoms with van der Waals surface area (Å²) in [6.45, 7) is 6.52. The van der Waals surface area contributed by atoms with E-state index >= 15 is 0 Å². The highest BCUT2D eigenvalue weighted by molar-refractivity contribution is 5.71. The third-order valence-corrected chi connectivity index (χ3v) is 14.7. The standard InChI is InChI=1S/C76H128O6/c1-4-7-10-13-16-19-22-25-27-29-31-33-34-35-36-37-38-39-40-41-42-44-45-47-49-51-54-57-60-63-66-69-75(78)81-72-73(71-80-74(77)68-65-62-59-56-53-24-21-18-15-12-9-6-3)82-76(79)70-67-64-61-58-55-52-50-48-46-43-32-30-28-26-23-20-17-14-11-8-5-2/h7,10,16,19,25,27,30-33,35-36,38-39,41-42,45,47,51,54,73H,4-6,8-9,11-15,17-18,20-24,26,28-29,34,37,40,43-44,46,48-50,52-53,55-72H2,1-3H3/b10-7-,19-16-,27-25-,32-30-,33-31-,36-35-,39-38-,42-41-,47-45-,54-51-. The number of unbranched alkanes of at least 4 members (excludes halogenated alkanes) is 31. The van der Waals surface area contributed by atoms with Crippen LogP contribution in [0.2, 0.25) is 0 Å². The molecule has 0 rings (SSSR count). The Morgan fingerprint density at radius 2 is 0.476 bits per heavy atom. The molecule has 0 radical (unpaired) electrons. The fourth-order valence-electron chi connectivity index (χ4n) is 9.55. The first-order valence-corrected chi connectivity index (χ1v) is 34.5. The maximum Gasteiger partial charge on any atom is 0.306 e. The Bertz CT molecular complexity index is 1690. The molecule has 6 nitrogen and oxygen atoms in total. The molecule has 0 aliphatic heterocycles. The third kappa shape index (κ3) is 66.6. The maximum atomic E-state index is 12.9. The van der Waals surface area contributed by atoms with E-state index in [-0.39, 0.29) is 31.1 Å². The molecule has 0 aromatic carbocycles. The van der Waals surface area contributed by atoms with Crippen LogP contribution in [0.25, 0.3) is 0 Å². The molecule has 0 heterocycles. The second-order valence-electron chi connectivity index (χ2n) is 22.7. The van der Waals surface area contributed by atoms with Gasteiger partial charge in [0.05, 0.1) is 0 Å². The molecular formula is C76H128O6. The van der Waals surface area contributed by atoms with E-state index in [0.717, 1.165) is 122 Å². The van der Waals surface area contributed by atoms with Gasteiger partial charge < -0.3 is 14.2 Å². The molecule has 0 aromatic heterocycles. The van der Waals surface area contributed by atoms with Crippen molar-refractivity contribution in [1.29, 1.82) is 0 Å². The summed E-state index contributed by atoms with van der Waals surface area (Å²) in [5.41, 5.74) is 0. The first-order valence-electron chi connectivity index (χ1n) is 34.5. The molecule has 0 N–H and O–H groups in total. The lowest BCUT2D eigenvalue weighted by atomic mass is 10.0. The molecule has 0 saturated heterocycles. The van der Waals surface area contributed by atoms with Crippen molar-refractivity contribution in [2.45, 2.75) is 329 Å². The lowest BCUT2D eigenvalue weighted by molar-refractivity contribution is -0.167. The first-order chi connectivity index (χ1) is 40.5. The molecule has 1 atom stereocenters. The average molecular weight is 1140 g/mol. The van der Waals surface area contributed by atoms with Gasteiger partial charge in [0.25, 0.3) is 0 Å². The topological polar surface area (TPSA) is 78.9 Å². The van der Waals surface area contributed by atoms with Crippen molar-refractivity contribution in [3.63, 3.8) is 0 Å². The third-order valence-electron chi connectivity index (χ3n) is 14.7. The molecular weight excluding hydrogens is 1010 g/mol. The van der Waals surface area contributed by atoms with Gasteiger partial charge in [0, 0.05) is 19.3 Å². The van der Waals surface area contributed by atoms with E-state index in [0.29, 0.717) is 19.3 Å². The van der Waals surface area contributed by atoms with Crippen molar-refractivity contribution in [1.82, 2.24) is 0 Å². The highest BCUT2D eigenvalue weighted by Gasteiger charge is 2.19. The summed E-state index contributed by atoms with van der Waals surface area (Å²) in [6, 6.07) is 0. The summed E-state index contributed by atoms with van der Waals surface area (Å²) in [6.07, 6.45) is 96.5. The van der Waals surface area contributed by atoms with Gasteiger partial charge in [-0.1, -0.05) is 309 Å². The molecule has 82 heavy (non-hydrogen) atoms. The van der Waals surface area contributed by atoms with Crippen molar-refractivity contribution in [2.24, 2.45) is 0 Å². The molecule has 0 fully saturated rings. The smallest absolute Gasteiger partial charge is 0.306 e. The van der Waals surface area contributed by atoms with Gasteiger partial charge in [0.1, 0.15) is 13.2 Å². The van der Waals surface area contributed by atoms with Crippen molar-refractivity contribution < 1.29 is 28.6 Å². The minimum atomic E-state index is -0.795. The summed E-state index contributed by atoms with van der Waals surface area (Å²) in [4.78, 5) is 38.4. The van der Waals surface area contributed by atoms with E-state index < -0.39 is 6.10 Å². The van der Waals surface area contributed by atoms with Crippen LogP contribution in [0.4, 0.5) is 0 Å². The van der Waals surface area contributed by atoms with Crippen LogP contribution in [-0.2, 0) is 28.6 Å². The van der Waals surface area contributed by atoms with Crippen LogP contribution in [0.1, 0.15) is 323 Å². The van der Waals surface area contributed by atoms with Gasteiger partial charge in [0.2, 0.25) is 0 Å². The van der Waals surface area contributed by atoms with Crippen LogP contribution in [0.5, 0.6) is 0 Å². The summed E-state index contributed by atoms with van der Waals surface area (Å²) < 4.78 is 16.9. The Kier molecular flexibility index (Phi) is 65.8. The number of hydrogen-bond donors (Lipinski definition) is 0. The lowest BCUT2D eigenvalue weighted by Gasteiger charge is -2.18. The lowest BCUT2D eigenvalue weighted by Crippen LogP contribution is -2.30. The van der Waals surface area contributed by atoms with Gasteiger partial charge in [-0.05, 0) is 116 Å². The van der Waals surface area contributed by atoms with Crippen LogP contribution in [0, 0.1) is 0 Å². The number of ether oxygens (including phenoxy) is 3. The summed E-state index contributed by atoms with van der Waals surface area (Å²) >= 11 is 0. The molecule has 1 unspecified atom stereocenters. The fraction of sp³-hybridized carbons (Fsp3) is 0.697. The van der Waals surface area contributed by atoms with Crippen LogP contribution < -0.4 is 0 Å². The highest BCUT2D eigenvalue weighted by Crippen LogP contribution is 2.16. The number of carbonyl (C=O) groups is 3. The van der Waals surface area contributed by atoms with E-state index in [4.69, 9.17) is 14.2 Å². The zero-order valence-electron chi connectivity index (χ0n) is 53.7. The van der Waals surface area contributed by atoms with E-state index in [9.17, 15) is 14.4 Å². The Hall–Kier alpha value is -4.19. The van der Waals surface area contributed by atoms with Gasteiger partial charge in [0.15, 0.2) is 6.10 Å². The fourth-order valence-corrected chi connectivity index (χ4v) is 9.55. The SMILES string of the molecule is CC/C=C\C/C=C\C/C=C\C/C=C\C/C=C\C/C=C\C/C=C\C/C=C\C/C=C\CCCCCC(=O)OCC(COC(=O)CCCCCCCCCCCCCC)OC(=O)CCCCCCCCCCC/C=C\CCCCCCCCCC. The van der Waals surface area contributed by atoms with E-state index in [1.165, 1.54) is 161 Å². The molecule has 0 aliphatic rings. The Balaban J connectivity index is 4.36. The minimum Gasteiger partial charge on any atom is -0.462 e. The van der Waals surface area contributed by atoms with Gasteiger partial charge in [-0.15, -0.1) is 0 Å². The summed E-state index contributed by atoms with van der Waals surface area (Å²) in [7, 11) is 0. The zero-order chi connectivity index (χ0) is 59.2. The number of rotatable bonds is 62. The second kappa shape index (κ2) is 69.3. The monoisotopic (exact) mass is 1140 g/mol. The van der Waals surface area contributed by atoms with Gasteiger partial charge in [-0.25, -0.2) is 0 Å². The van der Waals surface area contributed by atoms with Crippen molar-refractivity contribution in [2.75, 3.05) is 13.2 Å². The van der Waals surface area contributed by atoms with E-state index in [1.54, 1.807) is 0 Å². The Morgan fingerprint density at radius 3 is 0.768 bits per heavy atom. The van der Waals surface area contributed by atoms with E-state index in [1.807, 2.05) is 0 Å². The normalized spacial score (nSPS) is 12.9. The predicted octanol–water partition coefficient (Wildman–Crippen LogP) is 23.9. The number of allylic oxidation sites excluding steroid dienone is 20. The Labute approximate surface area is 507 Å². The molecule has 6 heteroatoms. The quantitative estimate of drug-likeness (QED) is 0.0261. The highest BCUT2D eigenvalue weighted by atomic mass is 16.6.